The van der Waals surface area contributed by atoms with Crippen molar-refractivity contribution in [3.05, 3.63) is 62.0 Å². The second-order valence-corrected chi connectivity index (χ2v) is 15.4. The molecule has 2 aromatic rings. The molecule has 0 amide bonds. The van der Waals surface area contributed by atoms with Crippen molar-refractivity contribution >= 4 is 29.7 Å². The van der Waals surface area contributed by atoms with Gasteiger partial charge in [-0.3, -0.25) is 32.9 Å². The molecule has 4 rings (SSSR count). The van der Waals surface area contributed by atoms with Gasteiger partial charge < -0.3 is 49.5 Å². The number of hydrogen-bond donors (Lipinski definition) is 10. The van der Waals surface area contributed by atoms with Gasteiger partial charge >= 0.3 is 34.9 Å². The molecule has 23 nitrogen and oxygen atoms in total. The molecule has 0 bridgehead atoms. The number of aromatic amines is 1. The van der Waals surface area contributed by atoms with Gasteiger partial charge in [0.25, 0.3) is 5.56 Å². The number of H-pyrrole nitrogens is 1. The lowest BCUT2D eigenvalue weighted by Crippen LogP contribution is -2.92. The first kappa shape index (κ1) is 40.2. The number of aromatic hydroxyl groups is 1. The maximum absolute atomic E-state index is 12.7. The van der Waals surface area contributed by atoms with Crippen LogP contribution in [-0.2, 0) is 47.7 Å². The van der Waals surface area contributed by atoms with E-state index in [0.29, 0.717) is 0 Å². The summed E-state index contributed by atoms with van der Waals surface area (Å²) in [6.07, 6.45) is -5.56. The standard InChI is InChI=1S/C24H34N4O19P3/c1-11-8-28(23(33)27-21(11)32)18-4-16(29)17(45-18)10-43-49(38,39)47-50(40,41)46-22-20(31)24(34,5-12(2)44-22)26-7-15-14(9-42-48(35,36)37)6-25-13(3)19(15)30/h5-8,12,16-18,20,22,29-31,34H,4,9-10H2,1-3H3,(H,38,39)(H,40,41)(H,27,32,33)(H2,35,36,37)/p+1/t12-,16+,17-,18-,20+,22-,24+/m1/s1. The van der Waals surface area contributed by atoms with Crippen LogP contribution in [0.3, 0.4) is 0 Å². The normalized spacial score (nSPS) is 30.0. The van der Waals surface area contributed by atoms with Gasteiger partial charge in [-0.05, 0) is 20.8 Å². The summed E-state index contributed by atoms with van der Waals surface area (Å²) in [5.41, 5.74) is -4.12. The van der Waals surface area contributed by atoms with E-state index in [4.69, 9.17) is 28.3 Å². The van der Waals surface area contributed by atoms with Gasteiger partial charge in [-0.25, -0.2) is 23.5 Å². The Hall–Kier alpha value is -2.53. The van der Waals surface area contributed by atoms with E-state index in [1.807, 2.05) is 0 Å². The Kier molecular flexibility index (Phi) is 12.2. The zero-order valence-corrected chi connectivity index (χ0v) is 28.9. The first-order valence-corrected chi connectivity index (χ1v) is 18.8. The van der Waals surface area contributed by atoms with Crippen LogP contribution in [0.5, 0.6) is 5.75 Å². The van der Waals surface area contributed by atoms with Crippen molar-refractivity contribution in [1.29, 1.82) is 0 Å². The second kappa shape index (κ2) is 15.2. The largest absolute Gasteiger partial charge is 0.505 e. The first-order valence-electron chi connectivity index (χ1n) is 14.2. The average molecular weight is 776 g/mol. The van der Waals surface area contributed by atoms with Crippen molar-refractivity contribution in [1.82, 2.24) is 14.5 Å². The lowest BCUT2D eigenvalue weighted by atomic mass is 9.96. The molecular weight excluding hydrogens is 741 g/mol. The molecule has 50 heavy (non-hydrogen) atoms. The van der Waals surface area contributed by atoms with E-state index in [1.165, 1.54) is 27.0 Å². The molecule has 10 N–H and O–H groups in total. The smallest absolute Gasteiger partial charge is 0.483 e. The number of pyridine rings is 1. The maximum atomic E-state index is 12.7. The molecule has 0 aliphatic carbocycles. The number of phosphoric ester groups is 3. The predicted molar refractivity (Wildman–Crippen MR) is 162 cm³/mol. The Labute approximate surface area is 281 Å². The maximum Gasteiger partial charge on any atom is 0.483 e. The Morgan fingerprint density at radius 1 is 1.12 bits per heavy atom. The molecule has 0 saturated carbocycles. The van der Waals surface area contributed by atoms with Crippen molar-refractivity contribution in [2.24, 2.45) is 0 Å². The van der Waals surface area contributed by atoms with E-state index in [-0.39, 0.29) is 28.8 Å². The summed E-state index contributed by atoms with van der Waals surface area (Å²) in [5.74, 6) is -0.506. The van der Waals surface area contributed by atoms with E-state index < -0.39 is 96.3 Å². The van der Waals surface area contributed by atoms with Crippen LogP contribution in [0.2, 0.25) is 0 Å². The highest BCUT2D eigenvalue weighted by Gasteiger charge is 2.55. The average Bonchev–Trinajstić information content (AvgIpc) is 3.35. The zero-order valence-electron chi connectivity index (χ0n) is 26.2. The number of aryl methyl sites for hydroxylation is 2. The Bertz CT molecular complexity index is 1860. The summed E-state index contributed by atoms with van der Waals surface area (Å²) < 4.78 is 66.3. The summed E-state index contributed by atoms with van der Waals surface area (Å²) >= 11 is 0. The van der Waals surface area contributed by atoms with Crippen molar-refractivity contribution in [2.75, 3.05) is 6.61 Å². The van der Waals surface area contributed by atoms with Gasteiger partial charge in [0.15, 0.2) is 12.3 Å². The van der Waals surface area contributed by atoms with Gasteiger partial charge in [0.2, 0.25) is 6.29 Å². The second-order valence-electron chi connectivity index (χ2n) is 11.2. The Morgan fingerprint density at radius 2 is 1.80 bits per heavy atom. The number of phosphoric acid groups is 3. The lowest BCUT2D eigenvalue weighted by Gasteiger charge is -2.37. The molecule has 2 aliphatic heterocycles. The summed E-state index contributed by atoms with van der Waals surface area (Å²) in [6, 6.07) is 0. The predicted octanol–water partition coefficient (Wildman–Crippen LogP) is -3.04. The van der Waals surface area contributed by atoms with Gasteiger partial charge in [-0.15, -0.1) is 0 Å². The zero-order chi connectivity index (χ0) is 37.4. The van der Waals surface area contributed by atoms with Crippen molar-refractivity contribution in [2.45, 2.75) is 76.5 Å². The minimum atomic E-state index is -5.69. The van der Waals surface area contributed by atoms with E-state index in [9.17, 15) is 53.5 Å². The molecule has 2 aromatic heterocycles. The number of nitrogens with zero attached hydrogens (tertiary/aromatic N) is 2. The fraction of sp³-hybridized carbons (Fsp3) is 0.542. The summed E-state index contributed by atoms with van der Waals surface area (Å²) in [5, 5.41) is 42.9. The molecule has 2 fully saturated rings. The van der Waals surface area contributed by atoms with Crippen LogP contribution in [-0.4, -0.2) is 104 Å². The molecule has 0 spiro atoms. The van der Waals surface area contributed by atoms with Crippen LogP contribution in [0.4, 0.5) is 0 Å². The van der Waals surface area contributed by atoms with Gasteiger partial charge in [0.1, 0.15) is 18.1 Å². The van der Waals surface area contributed by atoms with Crippen molar-refractivity contribution in [3.63, 3.8) is 0 Å². The van der Waals surface area contributed by atoms with Crippen LogP contribution < -0.4 is 16.2 Å². The van der Waals surface area contributed by atoms with E-state index in [0.717, 1.165) is 23.4 Å². The van der Waals surface area contributed by atoms with Crippen molar-refractivity contribution < 1.29 is 86.0 Å². The molecule has 4 heterocycles. The fourth-order valence-electron chi connectivity index (χ4n) is 4.78. The van der Waals surface area contributed by atoms with Crippen LogP contribution in [0.15, 0.2) is 22.0 Å². The topological polar surface area (TPSA) is 350 Å². The van der Waals surface area contributed by atoms with Crippen molar-refractivity contribution in [3.8, 4) is 5.75 Å². The molecule has 0 aromatic carbocycles. The number of rotatable bonds is 13. The quantitative estimate of drug-likeness (QED) is 0.0549. The fourth-order valence-corrected chi connectivity index (χ4v) is 7.24. The number of hydrogen-bond acceptors (Lipinski definition) is 16. The number of aromatic nitrogens is 3. The lowest BCUT2D eigenvalue weighted by molar-refractivity contribution is -0.624. The van der Waals surface area contributed by atoms with Crippen LogP contribution >= 0.6 is 23.5 Å². The third-order valence-corrected chi connectivity index (χ3v) is 10.3. The highest BCUT2D eigenvalue weighted by Crippen LogP contribution is 2.61. The van der Waals surface area contributed by atoms with Gasteiger partial charge in [0.05, 0.1) is 43.1 Å². The van der Waals surface area contributed by atoms with Crippen LogP contribution in [0.1, 0.15) is 42.0 Å². The molecule has 2 unspecified atom stereocenters. The Balaban J connectivity index is 1.42. The molecule has 2 aliphatic rings. The van der Waals surface area contributed by atoms with Gasteiger partial charge in [0, 0.05) is 29.9 Å². The molecular formula is C24H35N4O19P3+. The number of nitrogens with one attached hydrogen (secondary N) is 2. The first-order chi connectivity index (χ1) is 23.0. The molecule has 279 valence electrons. The number of aliphatic hydroxyl groups excluding tert-OH is 2. The van der Waals surface area contributed by atoms with Crippen LogP contribution in [0.25, 0.3) is 0 Å². The van der Waals surface area contributed by atoms with E-state index in [1.54, 1.807) is 0 Å². The molecule has 2 saturated heterocycles. The van der Waals surface area contributed by atoms with E-state index in [2.05, 4.69) is 23.8 Å². The van der Waals surface area contributed by atoms with E-state index >= 15 is 0 Å². The molecule has 9 atom stereocenters. The summed E-state index contributed by atoms with van der Waals surface area (Å²) in [7, 11) is -16.1. The third-order valence-electron chi connectivity index (χ3n) is 7.25. The highest BCUT2D eigenvalue weighted by molar-refractivity contribution is 7.61. The molecule has 1 radical (unpaired) electrons. The highest BCUT2D eigenvalue weighted by atomic mass is 31.3. The monoisotopic (exact) mass is 776 g/mol. The minimum Gasteiger partial charge on any atom is -0.505 e. The van der Waals surface area contributed by atoms with Crippen LogP contribution in [0, 0.1) is 20.3 Å². The number of aliphatic hydroxyl groups is 3. The molecule has 26 heteroatoms. The Morgan fingerprint density at radius 3 is 2.46 bits per heavy atom. The van der Waals surface area contributed by atoms with Gasteiger partial charge in [-0.1, -0.05) is 0 Å². The summed E-state index contributed by atoms with van der Waals surface area (Å²) in [6.45, 7) is 2.45. The third kappa shape index (κ3) is 10.1. The number of ether oxygens (including phenoxy) is 2. The minimum absolute atomic E-state index is 0.0539. The van der Waals surface area contributed by atoms with Gasteiger partial charge in [-0.2, -0.15) is 4.31 Å². The SMILES string of the molecule is Cc1ncc(COP(=O)(O)O)c(C=[NH+][C@]2(O)[CH][C@@H](C)O[C@H](OP(=O)(O)OP(=O)(O)OC[C@H]3O[C@@H](n4cc(C)c(=O)[nH]c4=O)C[C@@H]3O)[C@@H]2O)c1O. The summed E-state index contributed by atoms with van der Waals surface area (Å²) in [4.78, 5) is 70.5.